The SMILES string of the molecule is CCNCCOc1cc(-c2c(C)cccc2F)cc2cnc(N)cc12. The van der Waals surface area contributed by atoms with Gasteiger partial charge in [0.1, 0.15) is 24.0 Å². The van der Waals surface area contributed by atoms with Crippen molar-refractivity contribution >= 4 is 16.6 Å². The molecule has 0 fully saturated rings. The van der Waals surface area contributed by atoms with Gasteiger partial charge < -0.3 is 15.8 Å². The summed E-state index contributed by atoms with van der Waals surface area (Å²) in [5.74, 6) is 0.863. The number of aromatic nitrogens is 1. The Morgan fingerprint density at radius 1 is 1.24 bits per heavy atom. The Kier molecular flexibility index (Phi) is 5.14. The highest BCUT2D eigenvalue weighted by Gasteiger charge is 2.13. The van der Waals surface area contributed by atoms with E-state index in [-0.39, 0.29) is 5.82 Å². The normalized spacial score (nSPS) is 11.0. The summed E-state index contributed by atoms with van der Waals surface area (Å²) in [6.45, 7) is 6.08. The van der Waals surface area contributed by atoms with Crippen LogP contribution in [0.1, 0.15) is 12.5 Å². The summed E-state index contributed by atoms with van der Waals surface area (Å²) < 4.78 is 20.3. The molecule has 0 aliphatic carbocycles. The fourth-order valence-electron chi connectivity index (χ4n) is 2.91. The van der Waals surface area contributed by atoms with Gasteiger partial charge in [-0.3, -0.25) is 0 Å². The second-order valence-corrected chi connectivity index (χ2v) is 5.94. The topological polar surface area (TPSA) is 60.2 Å². The van der Waals surface area contributed by atoms with E-state index >= 15 is 0 Å². The summed E-state index contributed by atoms with van der Waals surface area (Å²) in [5.41, 5.74) is 8.06. The van der Waals surface area contributed by atoms with Crippen LogP contribution in [0.25, 0.3) is 21.9 Å². The van der Waals surface area contributed by atoms with E-state index in [2.05, 4.69) is 10.3 Å². The van der Waals surface area contributed by atoms with Gasteiger partial charge in [-0.1, -0.05) is 19.1 Å². The first-order valence-electron chi connectivity index (χ1n) is 8.38. The van der Waals surface area contributed by atoms with Crippen LogP contribution in [0.4, 0.5) is 10.2 Å². The largest absolute Gasteiger partial charge is 0.492 e. The van der Waals surface area contributed by atoms with Gasteiger partial charge in [-0.25, -0.2) is 9.37 Å². The number of nitrogens with zero attached hydrogens (tertiary/aromatic N) is 1. The standard InChI is InChI=1S/C20H22FN3O/c1-3-23-7-8-25-18-10-14(20-13(2)5-4-6-17(20)21)9-15-12-24-19(22)11-16(15)18/h4-6,9-12,23H,3,7-8H2,1-2H3,(H2,22,24). The van der Waals surface area contributed by atoms with E-state index in [9.17, 15) is 4.39 Å². The number of aryl methyl sites for hydroxylation is 1. The van der Waals surface area contributed by atoms with Gasteiger partial charge in [0.05, 0.1) is 0 Å². The molecule has 0 amide bonds. The lowest BCUT2D eigenvalue weighted by Gasteiger charge is -2.14. The highest BCUT2D eigenvalue weighted by atomic mass is 19.1. The predicted molar refractivity (Wildman–Crippen MR) is 100 cm³/mol. The van der Waals surface area contributed by atoms with Gasteiger partial charge in [0, 0.05) is 29.1 Å². The number of halogens is 1. The number of nitrogen functional groups attached to an aromatic ring is 1. The van der Waals surface area contributed by atoms with Gasteiger partial charge in [-0.2, -0.15) is 0 Å². The molecular formula is C20H22FN3O. The number of ether oxygens (including phenoxy) is 1. The first kappa shape index (κ1) is 17.2. The minimum Gasteiger partial charge on any atom is -0.492 e. The van der Waals surface area contributed by atoms with Gasteiger partial charge >= 0.3 is 0 Å². The maximum atomic E-state index is 14.4. The molecule has 0 atom stereocenters. The summed E-state index contributed by atoms with van der Waals surface area (Å²) in [5, 5.41) is 4.97. The Labute approximate surface area is 146 Å². The molecule has 0 radical (unpaired) electrons. The van der Waals surface area contributed by atoms with Gasteiger partial charge in [0.2, 0.25) is 0 Å². The Balaban J connectivity index is 2.10. The molecule has 2 aromatic carbocycles. The molecule has 1 aromatic heterocycles. The molecule has 0 saturated heterocycles. The molecule has 0 spiro atoms. The van der Waals surface area contributed by atoms with Crippen LogP contribution in [-0.4, -0.2) is 24.7 Å². The van der Waals surface area contributed by atoms with Crippen molar-refractivity contribution in [3.63, 3.8) is 0 Å². The Bertz CT molecular complexity index is 875. The summed E-state index contributed by atoms with van der Waals surface area (Å²) in [7, 11) is 0. The molecule has 0 aliphatic rings. The van der Waals surface area contributed by atoms with Crippen molar-refractivity contribution in [2.75, 3.05) is 25.4 Å². The molecule has 5 heteroatoms. The van der Waals surface area contributed by atoms with Crippen LogP contribution in [0.3, 0.4) is 0 Å². The fraction of sp³-hybridized carbons (Fsp3) is 0.250. The zero-order valence-electron chi connectivity index (χ0n) is 14.5. The number of nitrogens with one attached hydrogen (secondary N) is 1. The summed E-state index contributed by atoms with van der Waals surface area (Å²) >= 11 is 0. The lowest BCUT2D eigenvalue weighted by atomic mass is 9.97. The van der Waals surface area contributed by atoms with Crippen LogP contribution in [-0.2, 0) is 0 Å². The third kappa shape index (κ3) is 3.72. The molecule has 25 heavy (non-hydrogen) atoms. The molecule has 3 N–H and O–H groups in total. The lowest BCUT2D eigenvalue weighted by molar-refractivity contribution is 0.319. The van der Waals surface area contributed by atoms with Crippen LogP contribution >= 0.6 is 0 Å². The van der Waals surface area contributed by atoms with E-state index in [1.165, 1.54) is 6.07 Å². The maximum Gasteiger partial charge on any atom is 0.131 e. The van der Waals surface area contributed by atoms with Crippen molar-refractivity contribution in [2.45, 2.75) is 13.8 Å². The van der Waals surface area contributed by atoms with Crippen LogP contribution in [0.5, 0.6) is 5.75 Å². The van der Waals surface area contributed by atoms with Crippen molar-refractivity contribution in [1.29, 1.82) is 0 Å². The molecular weight excluding hydrogens is 317 g/mol. The monoisotopic (exact) mass is 339 g/mol. The Hall–Kier alpha value is -2.66. The van der Waals surface area contributed by atoms with Gasteiger partial charge in [0.25, 0.3) is 0 Å². The molecule has 3 aromatic rings. The first-order valence-corrected chi connectivity index (χ1v) is 8.38. The van der Waals surface area contributed by atoms with Crippen LogP contribution in [0, 0.1) is 12.7 Å². The van der Waals surface area contributed by atoms with E-state index in [0.717, 1.165) is 35.0 Å². The molecule has 3 rings (SSSR count). The zero-order chi connectivity index (χ0) is 17.8. The number of rotatable bonds is 6. The molecule has 0 bridgehead atoms. The quantitative estimate of drug-likeness (QED) is 0.668. The minimum absolute atomic E-state index is 0.249. The molecule has 4 nitrogen and oxygen atoms in total. The third-order valence-electron chi connectivity index (χ3n) is 4.12. The molecule has 0 aliphatic heterocycles. The summed E-state index contributed by atoms with van der Waals surface area (Å²) in [6, 6.07) is 10.7. The van der Waals surface area contributed by atoms with Crippen molar-refractivity contribution in [1.82, 2.24) is 10.3 Å². The van der Waals surface area contributed by atoms with E-state index in [4.69, 9.17) is 10.5 Å². The number of nitrogens with two attached hydrogens (primary N) is 1. The second-order valence-electron chi connectivity index (χ2n) is 5.94. The van der Waals surface area contributed by atoms with Crippen molar-refractivity contribution in [2.24, 2.45) is 0 Å². The first-order chi connectivity index (χ1) is 12.1. The predicted octanol–water partition coefficient (Wildman–Crippen LogP) is 3.92. The van der Waals surface area contributed by atoms with Crippen molar-refractivity contribution in [3.8, 4) is 16.9 Å². The lowest BCUT2D eigenvalue weighted by Crippen LogP contribution is -2.20. The smallest absolute Gasteiger partial charge is 0.131 e. The van der Waals surface area contributed by atoms with Crippen LogP contribution < -0.4 is 15.8 Å². The summed E-state index contributed by atoms with van der Waals surface area (Å²) in [6.07, 6.45) is 1.70. The summed E-state index contributed by atoms with van der Waals surface area (Å²) in [4.78, 5) is 4.15. The number of anilines is 1. The van der Waals surface area contributed by atoms with Gasteiger partial charge in [0.15, 0.2) is 0 Å². The second kappa shape index (κ2) is 7.49. The van der Waals surface area contributed by atoms with E-state index in [1.54, 1.807) is 18.3 Å². The van der Waals surface area contributed by atoms with Crippen molar-refractivity contribution < 1.29 is 9.13 Å². The maximum absolute atomic E-state index is 14.4. The third-order valence-corrected chi connectivity index (χ3v) is 4.12. The number of benzene rings is 2. The molecule has 0 unspecified atom stereocenters. The van der Waals surface area contributed by atoms with E-state index in [0.29, 0.717) is 23.7 Å². The highest BCUT2D eigenvalue weighted by molar-refractivity contribution is 5.94. The van der Waals surface area contributed by atoms with Crippen LogP contribution in [0.2, 0.25) is 0 Å². The van der Waals surface area contributed by atoms with E-state index in [1.807, 2.05) is 32.0 Å². The number of pyridine rings is 1. The average Bonchev–Trinajstić information content (AvgIpc) is 2.59. The molecule has 1 heterocycles. The van der Waals surface area contributed by atoms with E-state index < -0.39 is 0 Å². The highest BCUT2D eigenvalue weighted by Crippen LogP contribution is 2.35. The molecule has 0 saturated carbocycles. The van der Waals surface area contributed by atoms with Crippen LogP contribution in [0.15, 0.2) is 42.6 Å². The Morgan fingerprint density at radius 3 is 2.84 bits per heavy atom. The minimum atomic E-state index is -0.249. The van der Waals surface area contributed by atoms with Crippen molar-refractivity contribution in [3.05, 3.63) is 54.0 Å². The number of fused-ring (bicyclic) bond motifs is 1. The van der Waals surface area contributed by atoms with Gasteiger partial charge in [-0.05, 0) is 48.9 Å². The average molecular weight is 339 g/mol. The Morgan fingerprint density at radius 2 is 2.08 bits per heavy atom. The number of hydrogen-bond acceptors (Lipinski definition) is 4. The number of hydrogen-bond donors (Lipinski definition) is 2. The zero-order valence-corrected chi connectivity index (χ0v) is 14.5. The molecule has 130 valence electrons. The number of likely N-dealkylation sites (N-methyl/N-ethyl adjacent to an activating group) is 1. The fourth-order valence-corrected chi connectivity index (χ4v) is 2.91. The van der Waals surface area contributed by atoms with Gasteiger partial charge in [-0.15, -0.1) is 0 Å².